The summed E-state index contributed by atoms with van der Waals surface area (Å²) < 4.78 is 0. The van der Waals surface area contributed by atoms with E-state index in [2.05, 4.69) is 56.4 Å². The van der Waals surface area contributed by atoms with Crippen molar-refractivity contribution in [3.8, 4) is 6.07 Å². The van der Waals surface area contributed by atoms with Gasteiger partial charge in [0, 0.05) is 19.5 Å². The van der Waals surface area contributed by atoms with Gasteiger partial charge in [0.2, 0.25) is 0 Å². The van der Waals surface area contributed by atoms with Crippen molar-refractivity contribution in [2.24, 2.45) is 5.41 Å². The SMILES string of the molecule is Cc1cccc(CNCC(C)(C)CCC#N)c1. The molecule has 0 spiro atoms. The van der Waals surface area contributed by atoms with Gasteiger partial charge in [0.15, 0.2) is 0 Å². The number of aryl methyl sites for hydroxylation is 1. The van der Waals surface area contributed by atoms with Crippen LogP contribution in [0.2, 0.25) is 0 Å². The number of hydrogen-bond acceptors (Lipinski definition) is 2. The molecule has 0 aliphatic carbocycles. The van der Waals surface area contributed by atoms with Crippen LogP contribution in [-0.4, -0.2) is 6.54 Å². The van der Waals surface area contributed by atoms with Crippen molar-refractivity contribution in [2.75, 3.05) is 6.54 Å². The van der Waals surface area contributed by atoms with Crippen LogP contribution in [0.15, 0.2) is 24.3 Å². The van der Waals surface area contributed by atoms with Crippen LogP contribution in [0.5, 0.6) is 0 Å². The first-order valence-corrected chi connectivity index (χ1v) is 6.17. The molecule has 0 aliphatic heterocycles. The maximum absolute atomic E-state index is 8.59. The molecule has 17 heavy (non-hydrogen) atoms. The molecule has 0 aromatic heterocycles. The van der Waals surface area contributed by atoms with Gasteiger partial charge in [-0.15, -0.1) is 0 Å². The summed E-state index contributed by atoms with van der Waals surface area (Å²) in [6, 6.07) is 10.8. The van der Waals surface area contributed by atoms with Crippen molar-refractivity contribution >= 4 is 0 Å². The third-order valence-electron chi connectivity index (χ3n) is 2.93. The Hall–Kier alpha value is -1.33. The van der Waals surface area contributed by atoms with E-state index in [1.165, 1.54) is 11.1 Å². The molecule has 2 nitrogen and oxygen atoms in total. The first kappa shape index (κ1) is 13.7. The number of hydrogen-bond donors (Lipinski definition) is 1. The molecule has 0 radical (unpaired) electrons. The quantitative estimate of drug-likeness (QED) is 0.813. The van der Waals surface area contributed by atoms with Crippen LogP contribution in [0.25, 0.3) is 0 Å². The second-order valence-electron chi connectivity index (χ2n) is 5.41. The van der Waals surface area contributed by atoms with E-state index in [9.17, 15) is 0 Å². The summed E-state index contributed by atoms with van der Waals surface area (Å²) in [5.74, 6) is 0. The standard InChI is InChI=1S/C15H22N2/c1-13-6-4-7-14(10-13)11-17-12-15(2,3)8-5-9-16/h4,6-7,10,17H,5,8,11-12H2,1-3H3. The molecule has 92 valence electrons. The molecule has 0 heterocycles. The molecular formula is C15H22N2. The molecule has 2 heteroatoms. The van der Waals surface area contributed by atoms with E-state index in [0.717, 1.165) is 19.5 Å². The van der Waals surface area contributed by atoms with E-state index in [0.29, 0.717) is 6.42 Å². The smallest absolute Gasteiger partial charge is 0.0621 e. The third kappa shape index (κ3) is 5.51. The lowest BCUT2D eigenvalue weighted by Gasteiger charge is -2.23. The molecule has 0 aliphatic rings. The molecule has 1 N–H and O–H groups in total. The number of nitrogens with one attached hydrogen (secondary N) is 1. The highest BCUT2D eigenvalue weighted by Gasteiger charge is 2.16. The normalized spacial score (nSPS) is 11.2. The van der Waals surface area contributed by atoms with E-state index in [4.69, 9.17) is 5.26 Å². The molecule has 1 aromatic rings. The minimum absolute atomic E-state index is 0.194. The lowest BCUT2D eigenvalue weighted by atomic mass is 9.88. The Morgan fingerprint density at radius 2 is 2.12 bits per heavy atom. The molecule has 0 bridgehead atoms. The zero-order valence-electron chi connectivity index (χ0n) is 11.1. The minimum Gasteiger partial charge on any atom is -0.312 e. The first-order valence-electron chi connectivity index (χ1n) is 6.17. The minimum atomic E-state index is 0.194. The first-order chi connectivity index (χ1) is 8.03. The summed E-state index contributed by atoms with van der Waals surface area (Å²) >= 11 is 0. The van der Waals surface area contributed by atoms with E-state index < -0.39 is 0 Å². The highest BCUT2D eigenvalue weighted by Crippen LogP contribution is 2.20. The average Bonchev–Trinajstić information content (AvgIpc) is 2.26. The molecule has 1 rings (SSSR count). The van der Waals surface area contributed by atoms with Gasteiger partial charge in [-0.3, -0.25) is 0 Å². The van der Waals surface area contributed by atoms with Gasteiger partial charge in [-0.1, -0.05) is 43.7 Å². The fourth-order valence-electron chi connectivity index (χ4n) is 1.85. The zero-order chi connectivity index (χ0) is 12.7. The molecule has 0 unspecified atom stereocenters. The Morgan fingerprint density at radius 1 is 1.35 bits per heavy atom. The molecule has 0 atom stereocenters. The van der Waals surface area contributed by atoms with Crippen LogP contribution in [0.3, 0.4) is 0 Å². The molecule has 0 saturated carbocycles. The Bertz CT molecular complexity index is 388. The summed E-state index contributed by atoms with van der Waals surface area (Å²) in [5, 5.41) is 12.1. The fraction of sp³-hybridized carbons (Fsp3) is 0.533. The van der Waals surface area contributed by atoms with Crippen LogP contribution in [0.4, 0.5) is 0 Å². The topological polar surface area (TPSA) is 35.8 Å². The molecule has 0 saturated heterocycles. The van der Waals surface area contributed by atoms with Crippen molar-refractivity contribution in [1.82, 2.24) is 5.32 Å². The highest BCUT2D eigenvalue weighted by molar-refractivity contribution is 5.21. The Labute approximate surface area is 105 Å². The Morgan fingerprint density at radius 3 is 2.76 bits per heavy atom. The highest BCUT2D eigenvalue weighted by atomic mass is 14.9. The van der Waals surface area contributed by atoms with Gasteiger partial charge in [0.1, 0.15) is 0 Å². The molecule has 0 fully saturated rings. The van der Waals surface area contributed by atoms with Crippen LogP contribution in [0.1, 0.15) is 37.8 Å². The van der Waals surface area contributed by atoms with Gasteiger partial charge in [0.25, 0.3) is 0 Å². The predicted molar refractivity (Wildman–Crippen MR) is 71.5 cm³/mol. The Kier molecular flexibility index (Phi) is 5.18. The summed E-state index contributed by atoms with van der Waals surface area (Å²) in [6.45, 7) is 8.36. The number of nitriles is 1. The third-order valence-corrected chi connectivity index (χ3v) is 2.93. The van der Waals surface area contributed by atoms with Gasteiger partial charge in [-0.05, 0) is 24.3 Å². The van der Waals surface area contributed by atoms with Crippen LogP contribution < -0.4 is 5.32 Å². The van der Waals surface area contributed by atoms with E-state index >= 15 is 0 Å². The maximum Gasteiger partial charge on any atom is 0.0621 e. The number of rotatable bonds is 6. The van der Waals surface area contributed by atoms with Crippen molar-refractivity contribution in [1.29, 1.82) is 5.26 Å². The van der Waals surface area contributed by atoms with Gasteiger partial charge < -0.3 is 5.32 Å². The van der Waals surface area contributed by atoms with Crippen molar-refractivity contribution in [3.63, 3.8) is 0 Å². The Balaban J connectivity index is 2.35. The lowest BCUT2D eigenvalue weighted by molar-refractivity contribution is 0.317. The van der Waals surface area contributed by atoms with Crippen molar-refractivity contribution in [3.05, 3.63) is 35.4 Å². The van der Waals surface area contributed by atoms with Crippen LogP contribution >= 0.6 is 0 Å². The van der Waals surface area contributed by atoms with Crippen molar-refractivity contribution < 1.29 is 0 Å². The van der Waals surface area contributed by atoms with Gasteiger partial charge >= 0.3 is 0 Å². The van der Waals surface area contributed by atoms with E-state index in [-0.39, 0.29) is 5.41 Å². The van der Waals surface area contributed by atoms with Crippen LogP contribution in [-0.2, 0) is 6.54 Å². The largest absolute Gasteiger partial charge is 0.312 e. The summed E-state index contributed by atoms with van der Waals surface area (Å²) in [6.07, 6.45) is 1.59. The second kappa shape index (κ2) is 6.42. The predicted octanol–water partition coefficient (Wildman–Crippen LogP) is 3.41. The molecule has 1 aromatic carbocycles. The van der Waals surface area contributed by atoms with E-state index in [1.54, 1.807) is 0 Å². The van der Waals surface area contributed by atoms with E-state index in [1.807, 2.05) is 0 Å². The van der Waals surface area contributed by atoms with Gasteiger partial charge in [0.05, 0.1) is 6.07 Å². The molecule has 0 amide bonds. The second-order valence-corrected chi connectivity index (χ2v) is 5.41. The number of nitrogens with zero attached hydrogens (tertiary/aromatic N) is 1. The average molecular weight is 230 g/mol. The summed E-state index contributed by atoms with van der Waals surface area (Å²) in [7, 11) is 0. The maximum atomic E-state index is 8.59. The van der Waals surface area contributed by atoms with Gasteiger partial charge in [-0.25, -0.2) is 0 Å². The lowest BCUT2D eigenvalue weighted by Crippen LogP contribution is -2.29. The monoisotopic (exact) mass is 230 g/mol. The van der Waals surface area contributed by atoms with Crippen molar-refractivity contribution in [2.45, 2.75) is 40.2 Å². The zero-order valence-corrected chi connectivity index (χ0v) is 11.1. The number of benzene rings is 1. The van der Waals surface area contributed by atoms with Crippen LogP contribution in [0, 0.1) is 23.7 Å². The molecular weight excluding hydrogens is 208 g/mol. The fourth-order valence-corrected chi connectivity index (χ4v) is 1.85. The summed E-state index contributed by atoms with van der Waals surface area (Å²) in [4.78, 5) is 0. The van der Waals surface area contributed by atoms with Gasteiger partial charge in [-0.2, -0.15) is 5.26 Å². The summed E-state index contributed by atoms with van der Waals surface area (Å²) in [5.41, 5.74) is 2.81.